The van der Waals surface area contributed by atoms with Crippen LogP contribution in [-0.2, 0) is 0 Å². The van der Waals surface area contributed by atoms with Gasteiger partial charge in [-0.1, -0.05) is 6.42 Å². The van der Waals surface area contributed by atoms with Crippen LogP contribution in [0.5, 0.6) is 0 Å². The average Bonchev–Trinajstić information content (AvgIpc) is 2.46. The summed E-state index contributed by atoms with van der Waals surface area (Å²) in [5.74, 6) is 0.897. The Morgan fingerprint density at radius 1 is 1.35 bits per heavy atom. The van der Waals surface area contributed by atoms with Gasteiger partial charge in [-0.3, -0.25) is 0 Å². The number of piperidine rings is 1. The first kappa shape index (κ1) is 13.1. The average molecular weight is 271 g/mol. The van der Waals surface area contributed by atoms with Crippen LogP contribution in [0.3, 0.4) is 0 Å². The van der Waals surface area contributed by atoms with E-state index in [0.717, 1.165) is 29.0 Å². The maximum Gasteiger partial charge on any atom is 0.137 e. The molecule has 1 fully saturated rings. The smallest absolute Gasteiger partial charge is 0.137 e. The van der Waals surface area contributed by atoms with Gasteiger partial charge in [0.2, 0.25) is 0 Å². The van der Waals surface area contributed by atoms with Crippen LogP contribution in [0.15, 0.2) is 24.5 Å². The second kappa shape index (κ2) is 5.63. The van der Waals surface area contributed by atoms with Crippen molar-refractivity contribution in [3.63, 3.8) is 0 Å². The minimum atomic E-state index is 0.586. The van der Waals surface area contributed by atoms with Crippen LogP contribution in [0.1, 0.15) is 19.3 Å². The fourth-order valence-corrected chi connectivity index (χ4v) is 2.83. The number of nitrogens with two attached hydrogens (primary N) is 1. The lowest BCUT2D eigenvalue weighted by Crippen LogP contribution is -2.40. The third kappa shape index (κ3) is 2.67. The summed E-state index contributed by atoms with van der Waals surface area (Å²) < 4.78 is 0. The molecule has 1 atom stereocenters. The number of fused-ring (bicyclic) bond motifs is 1. The van der Waals surface area contributed by atoms with E-state index in [1.165, 1.54) is 25.8 Å². The van der Waals surface area contributed by atoms with E-state index in [9.17, 15) is 0 Å². The number of hydrogen-bond donors (Lipinski definition) is 2. The lowest BCUT2D eigenvalue weighted by Gasteiger charge is -2.32. The Balaban J connectivity index is 1.77. The predicted octanol–water partition coefficient (Wildman–Crippen LogP) is 2.11. The maximum absolute atomic E-state index is 5.80. The standard InChI is InChI=1S/C15H21N5/c1-20-7-3-2-4-12(20)9-17-15-13-6-5-11(16)8-14(13)18-10-19-15/h5-6,8,10,12H,2-4,7,9,16H2,1H3,(H,17,18,19). The van der Waals surface area contributed by atoms with Gasteiger partial charge in [-0.15, -0.1) is 0 Å². The molecule has 0 spiro atoms. The third-order valence-electron chi connectivity index (χ3n) is 4.09. The molecule has 0 amide bonds. The molecule has 1 unspecified atom stereocenters. The summed E-state index contributed by atoms with van der Waals surface area (Å²) in [6.45, 7) is 2.11. The van der Waals surface area contributed by atoms with Gasteiger partial charge >= 0.3 is 0 Å². The summed E-state index contributed by atoms with van der Waals surface area (Å²) >= 11 is 0. The zero-order chi connectivity index (χ0) is 13.9. The number of nitrogen functional groups attached to an aromatic ring is 1. The molecule has 1 aliphatic heterocycles. The van der Waals surface area contributed by atoms with E-state index in [0.29, 0.717) is 6.04 Å². The Labute approximate surface area is 119 Å². The largest absolute Gasteiger partial charge is 0.399 e. The second-order valence-electron chi connectivity index (χ2n) is 5.51. The van der Waals surface area contributed by atoms with Gasteiger partial charge in [-0.25, -0.2) is 9.97 Å². The summed E-state index contributed by atoms with van der Waals surface area (Å²) in [4.78, 5) is 11.1. The van der Waals surface area contributed by atoms with Crippen molar-refractivity contribution < 1.29 is 0 Å². The van der Waals surface area contributed by atoms with Crippen molar-refractivity contribution >= 4 is 22.4 Å². The molecule has 0 aliphatic carbocycles. The van der Waals surface area contributed by atoms with Gasteiger partial charge in [0.15, 0.2) is 0 Å². The number of anilines is 2. The lowest BCUT2D eigenvalue weighted by atomic mass is 10.0. The molecule has 1 saturated heterocycles. The van der Waals surface area contributed by atoms with Crippen LogP contribution in [0.25, 0.3) is 10.9 Å². The molecular formula is C15H21N5. The summed E-state index contributed by atoms with van der Waals surface area (Å²) in [5.41, 5.74) is 7.41. The molecule has 3 rings (SSSR count). The molecule has 1 aromatic heterocycles. The fourth-order valence-electron chi connectivity index (χ4n) is 2.83. The van der Waals surface area contributed by atoms with Gasteiger partial charge in [0.25, 0.3) is 0 Å². The summed E-state index contributed by atoms with van der Waals surface area (Å²) in [5, 5.41) is 4.50. The topological polar surface area (TPSA) is 67.1 Å². The van der Waals surface area contributed by atoms with Crippen molar-refractivity contribution in [1.29, 1.82) is 0 Å². The molecule has 5 heteroatoms. The summed E-state index contributed by atoms with van der Waals surface area (Å²) in [6.07, 6.45) is 5.47. The van der Waals surface area contributed by atoms with Crippen molar-refractivity contribution in [2.45, 2.75) is 25.3 Å². The number of aromatic nitrogens is 2. The van der Waals surface area contributed by atoms with Gasteiger partial charge in [-0.05, 0) is 44.6 Å². The van der Waals surface area contributed by atoms with E-state index in [-0.39, 0.29) is 0 Å². The fraction of sp³-hybridized carbons (Fsp3) is 0.467. The first-order valence-electron chi connectivity index (χ1n) is 7.18. The Morgan fingerprint density at radius 2 is 2.25 bits per heavy atom. The van der Waals surface area contributed by atoms with E-state index in [1.807, 2.05) is 18.2 Å². The summed E-state index contributed by atoms with van der Waals surface area (Å²) in [6, 6.07) is 6.35. The molecule has 106 valence electrons. The van der Waals surface area contributed by atoms with Crippen molar-refractivity contribution in [2.24, 2.45) is 0 Å². The lowest BCUT2D eigenvalue weighted by molar-refractivity contribution is 0.194. The van der Waals surface area contributed by atoms with Crippen molar-refractivity contribution in [3.8, 4) is 0 Å². The monoisotopic (exact) mass is 271 g/mol. The van der Waals surface area contributed by atoms with Gasteiger partial charge in [0.1, 0.15) is 12.1 Å². The first-order chi connectivity index (χ1) is 9.74. The van der Waals surface area contributed by atoms with Crippen LogP contribution in [0, 0.1) is 0 Å². The highest BCUT2D eigenvalue weighted by molar-refractivity contribution is 5.90. The van der Waals surface area contributed by atoms with Crippen LogP contribution in [0.4, 0.5) is 11.5 Å². The number of likely N-dealkylation sites (tertiary alicyclic amines) is 1. The quantitative estimate of drug-likeness (QED) is 0.837. The first-order valence-corrected chi connectivity index (χ1v) is 7.18. The molecular weight excluding hydrogens is 250 g/mol. The van der Waals surface area contributed by atoms with E-state index < -0.39 is 0 Å². The summed E-state index contributed by atoms with van der Waals surface area (Å²) in [7, 11) is 2.20. The van der Waals surface area contributed by atoms with Crippen LogP contribution in [0.2, 0.25) is 0 Å². The van der Waals surface area contributed by atoms with Crippen LogP contribution >= 0.6 is 0 Å². The van der Waals surface area contributed by atoms with E-state index in [2.05, 4.69) is 27.2 Å². The molecule has 3 N–H and O–H groups in total. The minimum Gasteiger partial charge on any atom is -0.399 e. The molecule has 2 heterocycles. The number of rotatable bonds is 3. The van der Waals surface area contributed by atoms with E-state index >= 15 is 0 Å². The Hall–Kier alpha value is -1.88. The van der Waals surface area contributed by atoms with Crippen LogP contribution < -0.4 is 11.1 Å². The van der Waals surface area contributed by atoms with E-state index in [4.69, 9.17) is 5.73 Å². The zero-order valence-electron chi connectivity index (χ0n) is 11.8. The number of benzene rings is 1. The van der Waals surface area contributed by atoms with Crippen molar-refractivity contribution in [2.75, 3.05) is 31.2 Å². The second-order valence-corrected chi connectivity index (χ2v) is 5.51. The van der Waals surface area contributed by atoms with Crippen molar-refractivity contribution in [3.05, 3.63) is 24.5 Å². The zero-order valence-corrected chi connectivity index (χ0v) is 11.8. The molecule has 0 saturated carbocycles. The molecule has 20 heavy (non-hydrogen) atoms. The predicted molar refractivity (Wildman–Crippen MR) is 82.7 cm³/mol. The Kier molecular flexibility index (Phi) is 3.69. The normalized spacial score (nSPS) is 20.1. The van der Waals surface area contributed by atoms with Gasteiger partial charge in [0.05, 0.1) is 5.52 Å². The molecule has 1 aromatic carbocycles. The molecule has 5 nitrogen and oxygen atoms in total. The Bertz CT molecular complexity index is 598. The molecule has 1 aliphatic rings. The minimum absolute atomic E-state index is 0.586. The van der Waals surface area contributed by atoms with Gasteiger partial charge in [0, 0.05) is 23.7 Å². The van der Waals surface area contributed by atoms with Gasteiger partial charge < -0.3 is 16.0 Å². The van der Waals surface area contributed by atoms with Gasteiger partial charge in [-0.2, -0.15) is 0 Å². The number of hydrogen-bond acceptors (Lipinski definition) is 5. The molecule has 0 bridgehead atoms. The number of nitrogens with one attached hydrogen (secondary N) is 1. The van der Waals surface area contributed by atoms with E-state index in [1.54, 1.807) is 6.33 Å². The number of likely N-dealkylation sites (N-methyl/N-ethyl adjacent to an activating group) is 1. The van der Waals surface area contributed by atoms with Crippen LogP contribution in [-0.4, -0.2) is 41.0 Å². The highest BCUT2D eigenvalue weighted by atomic mass is 15.2. The highest BCUT2D eigenvalue weighted by Crippen LogP contribution is 2.22. The highest BCUT2D eigenvalue weighted by Gasteiger charge is 2.18. The van der Waals surface area contributed by atoms with Crippen molar-refractivity contribution in [1.82, 2.24) is 14.9 Å². The number of nitrogens with zero attached hydrogens (tertiary/aromatic N) is 3. The molecule has 0 radical (unpaired) electrons. The maximum atomic E-state index is 5.80. The SMILES string of the molecule is CN1CCCCC1CNc1ncnc2cc(N)ccc12. The Morgan fingerprint density at radius 3 is 3.10 bits per heavy atom. The molecule has 2 aromatic rings. The third-order valence-corrected chi connectivity index (χ3v) is 4.09.